The number of nitrogens with one attached hydrogen (secondary N) is 2. The third-order valence-corrected chi connectivity index (χ3v) is 5.76. The normalized spacial score (nSPS) is 10.5. The summed E-state index contributed by atoms with van der Waals surface area (Å²) in [4.78, 5) is 37.6. The van der Waals surface area contributed by atoms with Crippen LogP contribution in [0, 0.1) is 13.8 Å². The van der Waals surface area contributed by atoms with Gasteiger partial charge in [0, 0.05) is 10.7 Å². The van der Waals surface area contributed by atoms with Crippen LogP contribution in [0.15, 0.2) is 41.0 Å². The van der Waals surface area contributed by atoms with E-state index in [0.717, 1.165) is 16.9 Å². The molecule has 0 atom stereocenters. The number of carbonyl (C=O) groups is 3. The summed E-state index contributed by atoms with van der Waals surface area (Å²) in [6, 6.07) is 8.21. The lowest BCUT2D eigenvalue weighted by molar-refractivity contribution is 0.0601. The van der Waals surface area contributed by atoms with E-state index in [0.29, 0.717) is 16.3 Å². The monoisotopic (exact) mass is 432 g/mol. The minimum absolute atomic E-state index is 0.0761. The van der Waals surface area contributed by atoms with Crippen molar-refractivity contribution in [1.29, 1.82) is 0 Å². The number of halogens is 1. The Balaban J connectivity index is 1.93. The molecule has 9 heteroatoms. The van der Waals surface area contributed by atoms with Gasteiger partial charge >= 0.3 is 5.97 Å². The summed E-state index contributed by atoms with van der Waals surface area (Å²) >= 11 is 7.07. The fourth-order valence-electron chi connectivity index (χ4n) is 2.60. The number of aryl methyl sites for hydroxylation is 1. The van der Waals surface area contributed by atoms with Gasteiger partial charge in [0.1, 0.15) is 5.00 Å². The van der Waals surface area contributed by atoms with E-state index in [1.54, 1.807) is 31.2 Å². The van der Waals surface area contributed by atoms with E-state index in [2.05, 4.69) is 10.6 Å². The number of methoxy groups -OCH3 is 1. The first-order valence-electron chi connectivity index (χ1n) is 8.46. The van der Waals surface area contributed by atoms with E-state index in [-0.39, 0.29) is 21.2 Å². The van der Waals surface area contributed by atoms with Gasteiger partial charge in [-0.1, -0.05) is 17.7 Å². The SMILES string of the molecule is COC(=O)c1c(NC(=O)c2ccco2)sc(C(=O)Nc2ccc(C)c(Cl)c2)c1C. The van der Waals surface area contributed by atoms with Gasteiger partial charge in [-0.25, -0.2) is 4.79 Å². The summed E-state index contributed by atoms with van der Waals surface area (Å²) in [6.45, 7) is 3.47. The van der Waals surface area contributed by atoms with E-state index in [4.69, 9.17) is 20.8 Å². The molecular weight excluding hydrogens is 416 g/mol. The van der Waals surface area contributed by atoms with Crippen molar-refractivity contribution in [1.82, 2.24) is 0 Å². The lowest BCUT2D eigenvalue weighted by Gasteiger charge is -2.06. The quantitative estimate of drug-likeness (QED) is 0.558. The molecule has 3 rings (SSSR count). The van der Waals surface area contributed by atoms with Crippen molar-refractivity contribution in [2.24, 2.45) is 0 Å². The summed E-state index contributed by atoms with van der Waals surface area (Å²) in [5.74, 6) is -1.56. The number of hydrogen-bond donors (Lipinski definition) is 2. The topological polar surface area (TPSA) is 97.6 Å². The van der Waals surface area contributed by atoms with Crippen LogP contribution in [0.4, 0.5) is 10.7 Å². The second-order valence-corrected chi connectivity index (χ2v) is 7.53. The average Bonchev–Trinajstić information content (AvgIpc) is 3.33. The van der Waals surface area contributed by atoms with Crippen molar-refractivity contribution >= 4 is 51.4 Å². The van der Waals surface area contributed by atoms with Gasteiger partial charge in [-0.2, -0.15) is 0 Å². The summed E-state index contributed by atoms with van der Waals surface area (Å²) in [5.41, 5.74) is 1.91. The van der Waals surface area contributed by atoms with Gasteiger partial charge in [0.25, 0.3) is 11.8 Å². The predicted octanol–water partition coefficient (Wildman–Crippen LogP) is 4.90. The number of benzene rings is 1. The second kappa shape index (κ2) is 8.50. The highest BCUT2D eigenvalue weighted by Crippen LogP contribution is 2.35. The highest BCUT2D eigenvalue weighted by molar-refractivity contribution is 7.19. The number of furan rings is 1. The van der Waals surface area contributed by atoms with E-state index < -0.39 is 17.8 Å². The van der Waals surface area contributed by atoms with Crippen molar-refractivity contribution in [3.63, 3.8) is 0 Å². The van der Waals surface area contributed by atoms with Gasteiger partial charge in [-0.05, 0) is 49.2 Å². The average molecular weight is 433 g/mol. The first kappa shape index (κ1) is 20.6. The van der Waals surface area contributed by atoms with Gasteiger partial charge in [-0.3, -0.25) is 9.59 Å². The lowest BCUT2D eigenvalue weighted by atomic mass is 10.1. The Bertz CT molecular complexity index is 1090. The molecule has 0 aliphatic heterocycles. The van der Waals surface area contributed by atoms with Gasteiger partial charge in [0.05, 0.1) is 23.8 Å². The van der Waals surface area contributed by atoms with Crippen molar-refractivity contribution < 1.29 is 23.5 Å². The molecule has 150 valence electrons. The van der Waals surface area contributed by atoms with Crippen LogP contribution in [0.3, 0.4) is 0 Å². The van der Waals surface area contributed by atoms with Crippen LogP contribution in [-0.4, -0.2) is 24.9 Å². The Kier molecular flexibility index (Phi) is 6.05. The van der Waals surface area contributed by atoms with Crippen LogP contribution in [0.1, 0.15) is 41.7 Å². The molecule has 3 aromatic rings. The molecule has 2 amide bonds. The van der Waals surface area contributed by atoms with E-state index in [1.807, 2.05) is 6.92 Å². The highest BCUT2D eigenvalue weighted by Gasteiger charge is 2.27. The third kappa shape index (κ3) is 4.33. The van der Waals surface area contributed by atoms with Gasteiger partial charge in [0.2, 0.25) is 0 Å². The number of esters is 1. The summed E-state index contributed by atoms with van der Waals surface area (Å²) in [6.07, 6.45) is 1.36. The number of rotatable bonds is 5. The molecule has 0 spiro atoms. The van der Waals surface area contributed by atoms with E-state index in [1.165, 1.54) is 19.4 Å². The largest absolute Gasteiger partial charge is 0.465 e. The molecule has 0 saturated carbocycles. The van der Waals surface area contributed by atoms with Crippen LogP contribution in [0.2, 0.25) is 5.02 Å². The molecule has 2 N–H and O–H groups in total. The standard InChI is InChI=1S/C20H17ClN2O5S/c1-10-6-7-12(9-13(10)21)22-18(25)16-11(2)15(20(26)27-3)19(29-16)23-17(24)14-5-4-8-28-14/h4-9H,1-3H3,(H,22,25)(H,23,24). The first-order valence-corrected chi connectivity index (χ1v) is 9.65. The molecule has 29 heavy (non-hydrogen) atoms. The Morgan fingerprint density at radius 1 is 1.10 bits per heavy atom. The molecule has 2 heterocycles. The second-order valence-electron chi connectivity index (χ2n) is 6.10. The smallest absolute Gasteiger partial charge is 0.341 e. The number of thiophene rings is 1. The zero-order valence-electron chi connectivity index (χ0n) is 15.8. The van der Waals surface area contributed by atoms with Crippen LogP contribution >= 0.6 is 22.9 Å². The number of amides is 2. The summed E-state index contributed by atoms with van der Waals surface area (Å²) < 4.78 is 9.88. The Morgan fingerprint density at radius 2 is 1.86 bits per heavy atom. The third-order valence-electron chi connectivity index (χ3n) is 4.14. The van der Waals surface area contributed by atoms with Crippen LogP contribution < -0.4 is 10.6 Å². The molecule has 1 aromatic carbocycles. The molecule has 0 bridgehead atoms. The first-order chi connectivity index (χ1) is 13.8. The molecule has 0 aliphatic rings. The van der Waals surface area contributed by atoms with E-state index >= 15 is 0 Å². The number of hydrogen-bond acceptors (Lipinski definition) is 6. The predicted molar refractivity (Wildman–Crippen MR) is 111 cm³/mol. The van der Waals surface area contributed by atoms with Crippen molar-refractivity contribution in [3.8, 4) is 0 Å². The minimum Gasteiger partial charge on any atom is -0.465 e. The maximum Gasteiger partial charge on any atom is 0.341 e. The zero-order valence-corrected chi connectivity index (χ0v) is 17.4. The molecule has 0 radical (unpaired) electrons. The molecule has 2 aromatic heterocycles. The highest BCUT2D eigenvalue weighted by atomic mass is 35.5. The zero-order chi connectivity index (χ0) is 21.1. The molecule has 0 aliphatic carbocycles. The molecule has 0 saturated heterocycles. The van der Waals surface area contributed by atoms with Crippen LogP contribution in [0.5, 0.6) is 0 Å². The Labute approximate surface area is 175 Å². The molecule has 7 nitrogen and oxygen atoms in total. The fourth-order valence-corrected chi connectivity index (χ4v) is 3.86. The van der Waals surface area contributed by atoms with Gasteiger partial charge < -0.3 is 19.8 Å². The van der Waals surface area contributed by atoms with Gasteiger partial charge in [-0.15, -0.1) is 11.3 Å². The lowest BCUT2D eigenvalue weighted by Crippen LogP contribution is -2.14. The van der Waals surface area contributed by atoms with Gasteiger partial charge in [0.15, 0.2) is 5.76 Å². The fraction of sp³-hybridized carbons (Fsp3) is 0.150. The van der Waals surface area contributed by atoms with Crippen molar-refractivity contribution in [2.75, 3.05) is 17.7 Å². The summed E-state index contributed by atoms with van der Waals surface area (Å²) in [7, 11) is 1.23. The van der Waals surface area contributed by atoms with Crippen LogP contribution in [0.25, 0.3) is 0 Å². The number of ether oxygens (including phenoxy) is 1. The Hall–Kier alpha value is -3.10. The molecule has 0 fully saturated rings. The molecular formula is C20H17ClN2O5S. The van der Waals surface area contributed by atoms with E-state index in [9.17, 15) is 14.4 Å². The Morgan fingerprint density at radius 3 is 2.48 bits per heavy atom. The maximum absolute atomic E-state index is 12.8. The molecule has 0 unspecified atom stereocenters. The number of carbonyl (C=O) groups excluding carboxylic acids is 3. The van der Waals surface area contributed by atoms with Crippen molar-refractivity contribution in [3.05, 3.63) is 68.9 Å². The van der Waals surface area contributed by atoms with Crippen LogP contribution in [-0.2, 0) is 4.74 Å². The summed E-state index contributed by atoms with van der Waals surface area (Å²) in [5, 5.41) is 6.08. The number of anilines is 2. The van der Waals surface area contributed by atoms with Crippen molar-refractivity contribution in [2.45, 2.75) is 13.8 Å². The minimum atomic E-state index is -0.661. The maximum atomic E-state index is 12.8.